The SMILES string of the molecule is Cc1cc(C(=O)N2CCNC[C@H]2C)c(C)n1-c1nccs1. The Labute approximate surface area is 128 Å². The van der Waals surface area contributed by atoms with Crippen molar-refractivity contribution in [1.29, 1.82) is 0 Å². The van der Waals surface area contributed by atoms with Gasteiger partial charge < -0.3 is 10.2 Å². The van der Waals surface area contributed by atoms with Crippen LogP contribution in [0.25, 0.3) is 5.13 Å². The molecule has 1 N–H and O–H groups in total. The molecule has 3 rings (SSSR count). The standard InChI is InChI=1S/C15H20N4OS/c1-10-8-13(12(3)19(10)15-17-5-7-21-15)14(20)18-6-4-16-9-11(18)2/h5,7-8,11,16H,4,6,9H2,1-3H3/t11-/m1/s1. The second-order valence-corrected chi connectivity index (χ2v) is 6.36. The van der Waals surface area contributed by atoms with E-state index >= 15 is 0 Å². The molecule has 1 amide bonds. The highest BCUT2D eigenvalue weighted by Gasteiger charge is 2.27. The van der Waals surface area contributed by atoms with Crippen molar-refractivity contribution < 1.29 is 4.79 Å². The minimum Gasteiger partial charge on any atom is -0.333 e. The van der Waals surface area contributed by atoms with Crippen LogP contribution >= 0.6 is 11.3 Å². The summed E-state index contributed by atoms with van der Waals surface area (Å²) in [5.74, 6) is 0.125. The maximum atomic E-state index is 12.8. The number of thiazole rings is 1. The number of rotatable bonds is 2. The van der Waals surface area contributed by atoms with Gasteiger partial charge in [0.25, 0.3) is 5.91 Å². The maximum Gasteiger partial charge on any atom is 0.256 e. The van der Waals surface area contributed by atoms with Crippen LogP contribution in [0.1, 0.15) is 28.7 Å². The molecule has 0 unspecified atom stereocenters. The van der Waals surface area contributed by atoms with Crippen LogP contribution in [0.3, 0.4) is 0 Å². The molecule has 0 saturated carbocycles. The van der Waals surface area contributed by atoms with Gasteiger partial charge >= 0.3 is 0 Å². The van der Waals surface area contributed by atoms with E-state index in [-0.39, 0.29) is 11.9 Å². The van der Waals surface area contributed by atoms with Gasteiger partial charge in [0.15, 0.2) is 5.13 Å². The highest BCUT2D eigenvalue weighted by molar-refractivity contribution is 7.12. The van der Waals surface area contributed by atoms with E-state index in [1.807, 2.05) is 30.2 Å². The second kappa shape index (κ2) is 5.61. The van der Waals surface area contributed by atoms with Crippen LogP contribution in [0.15, 0.2) is 17.6 Å². The molecule has 0 spiro atoms. The molecule has 0 radical (unpaired) electrons. The number of hydrogen-bond acceptors (Lipinski definition) is 4. The summed E-state index contributed by atoms with van der Waals surface area (Å²) < 4.78 is 2.06. The van der Waals surface area contributed by atoms with Gasteiger partial charge in [0.05, 0.1) is 5.56 Å². The van der Waals surface area contributed by atoms with Gasteiger partial charge in [-0.2, -0.15) is 0 Å². The van der Waals surface area contributed by atoms with Crippen molar-refractivity contribution in [3.63, 3.8) is 0 Å². The third-order valence-electron chi connectivity index (χ3n) is 4.03. The fraction of sp³-hybridized carbons (Fsp3) is 0.467. The average molecular weight is 304 g/mol. The van der Waals surface area contributed by atoms with Gasteiger partial charge in [0.2, 0.25) is 0 Å². The van der Waals surface area contributed by atoms with Gasteiger partial charge in [0, 0.05) is 48.6 Å². The molecule has 1 aliphatic heterocycles. The molecule has 0 aliphatic carbocycles. The number of amides is 1. The molecular formula is C15H20N4OS. The fourth-order valence-corrected chi connectivity index (χ4v) is 3.65. The van der Waals surface area contributed by atoms with E-state index in [9.17, 15) is 4.79 Å². The van der Waals surface area contributed by atoms with E-state index in [1.165, 1.54) is 0 Å². The van der Waals surface area contributed by atoms with Gasteiger partial charge in [-0.3, -0.25) is 9.36 Å². The Morgan fingerprint density at radius 2 is 2.29 bits per heavy atom. The first kappa shape index (κ1) is 14.3. The van der Waals surface area contributed by atoms with E-state index in [2.05, 4.69) is 21.8 Å². The van der Waals surface area contributed by atoms with Crippen molar-refractivity contribution >= 4 is 17.2 Å². The maximum absolute atomic E-state index is 12.8. The predicted molar refractivity (Wildman–Crippen MR) is 84.3 cm³/mol. The lowest BCUT2D eigenvalue weighted by Crippen LogP contribution is -2.52. The number of aromatic nitrogens is 2. The fourth-order valence-electron chi connectivity index (χ4n) is 2.90. The Bertz CT molecular complexity index is 647. The number of carbonyl (C=O) groups is 1. The van der Waals surface area contributed by atoms with E-state index in [4.69, 9.17) is 0 Å². The molecule has 6 heteroatoms. The monoisotopic (exact) mass is 304 g/mol. The Kier molecular flexibility index (Phi) is 3.82. The zero-order valence-electron chi connectivity index (χ0n) is 12.6. The summed E-state index contributed by atoms with van der Waals surface area (Å²) in [4.78, 5) is 19.2. The summed E-state index contributed by atoms with van der Waals surface area (Å²) in [7, 11) is 0. The third-order valence-corrected chi connectivity index (χ3v) is 4.79. The van der Waals surface area contributed by atoms with Crippen molar-refractivity contribution in [1.82, 2.24) is 19.8 Å². The summed E-state index contributed by atoms with van der Waals surface area (Å²) in [5, 5.41) is 6.18. The Balaban J connectivity index is 1.96. The van der Waals surface area contributed by atoms with Crippen molar-refractivity contribution in [2.45, 2.75) is 26.8 Å². The summed E-state index contributed by atoms with van der Waals surface area (Å²) in [6.07, 6.45) is 1.79. The molecule has 21 heavy (non-hydrogen) atoms. The Hall–Kier alpha value is -1.66. The predicted octanol–water partition coefficient (Wildman–Crippen LogP) is 1.98. The number of nitrogens with one attached hydrogen (secondary N) is 1. The number of aryl methyl sites for hydroxylation is 1. The molecule has 1 aliphatic rings. The summed E-state index contributed by atoms with van der Waals surface area (Å²) >= 11 is 1.58. The van der Waals surface area contributed by atoms with Crippen LogP contribution in [0.2, 0.25) is 0 Å². The second-order valence-electron chi connectivity index (χ2n) is 5.49. The van der Waals surface area contributed by atoms with Gasteiger partial charge in [-0.15, -0.1) is 11.3 Å². The summed E-state index contributed by atoms with van der Waals surface area (Å²) in [6, 6.07) is 2.21. The number of hydrogen-bond donors (Lipinski definition) is 1. The highest BCUT2D eigenvalue weighted by Crippen LogP contribution is 2.24. The average Bonchev–Trinajstić information content (AvgIpc) is 3.07. The molecule has 1 fully saturated rings. The van der Waals surface area contributed by atoms with Crippen molar-refractivity contribution in [3.8, 4) is 5.13 Å². The lowest BCUT2D eigenvalue weighted by Gasteiger charge is -2.34. The third kappa shape index (κ3) is 2.49. The highest BCUT2D eigenvalue weighted by atomic mass is 32.1. The van der Waals surface area contributed by atoms with Crippen molar-refractivity contribution in [3.05, 3.63) is 34.6 Å². The number of piperazine rings is 1. The Morgan fingerprint density at radius 1 is 1.48 bits per heavy atom. The van der Waals surface area contributed by atoms with Gasteiger partial charge in [-0.25, -0.2) is 4.98 Å². The van der Waals surface area contributed by atoms with Crippen LogP contribution < -0.4 is 5.32 Å². The van der Waals surface area contributed by atoms with E-state index in [1.54, 1.807) is 17.5 Å². The Morgan fingerprint density at radius 3 is 2.95 bits per heavy atom. The molecule has 0 aromatic carbocycles. The zero-order chi connectivity index (χ0) is 15.0. The number of nitrogens with zero attached hydrogens (tertiary/aromatic N) is 3. The first-order valence-corrected chi connectivity index (χ1v) is 8.08. The summed E-state index contributed by atoms with van der Waals surface area (Å²) in [5.41, 5.74) is 2.81. The van der Waals surface area contributed by atoms with Crippen molar-refractivity contribution in [2.24, 2.45) is 0 Å². The zero-order valence-corrected chi connectivity index (χ0v) is 13.4. The van der Waals surface area contributed by atoms with Crippen LogP contribution in [-0.4, -0.2) is 46.0 Å². The normalized spacial score (nSPS) is 19.0. The minimum absolute atomic E-state index is 0.125. The first-order chi connectivity index (χ1) is 10.1. The minimum atomic E-state index is 0.125. The topological polar surface area (TPSA) is 50.2 Å². The van der Waals surface area contributed by atoms with Crippen LogP contribution in [0.5, 0.6) is 0 Å². The van der Waals surface area contributed by atoms with Gasteiger partial charge in [-0.05, 0) is 26.8 Å². The molecule has 1 saturated heterocycles. The molecule has 1 atom stereocenters. The molecule has 2 aromatic rings. The van der Waals surface area contributed by atoms with Crippen LogP contribution in [0, 0.1) is 13.8 Å². The van der Waals surface area contributed by atoms with E-state index < -0.39 is 0 Å². The van der Waals surface area contributed by atoms with Gasteiger partial charge in [0.1, 0.15) is 0 Å². The molecule has 3 heterocycles. The quantitative estimate of drug-likeness (QED) is 0.923. The van der Waals surface area contributed by atoms with E-state index in [0.717, 1.165) is 41.7 Å². The smallest absolute Gasteiger partial charge is 0.256 e. The molecule has 112 valence electrons. The molecule has 2 aromatic heterocycles. The largest absolute Gasteiger partial charge is 0.333 e. The first-order valence-electron chi connectivity index (χ1n) is 7.20. The van der Waals surface area contributed by atoms with E-state index in [0.29, 0.717) is 0 Å². The lowest BCUT2D eigenvalue weighted by molar-refractivity contribution is 0.0655. The van der Waals surface area contributed by atoms with Crippen LogP contribution in [-0.2, 0) is 0 Å². The summed E-state index contributed by atoms with van der Waals surface area (Å²) in [6.45, 7) is 8.59. The molecule has 0 bridgehead atoms. The molecule has 5 nitrogen and oxygen atoms in total. The molecular weight excluding hydrogens is 284 g/mol. The van der Waals surface area contributed by atoms with Crippen molar-refractivity contribution in [2.75, 3.05) is 19.6 Å². The number of carbonyl (C=O) groups excluding carboxylic acids is 1. The van der Waals surface area contributed by atoms with Gasteiger partial charge in [-0.1, -0.05) is 0 Å². The lowest BCUT2D eigenvalue weighted by atomic mass is 10.1. The van der Waals surface area contributed by atoms with Crippen LogP contribution in [0.4, 0.5) is 0 Å².